The molecule has 0 aliphatic carbocycles. The fourth-order valence-electron chi connectivity index (χ4n) is 4.51. The number of rotatable bonds is 8. The monoisotopic (exact) mass is 538 g/mol. The predicted octanol–water partition coefficient (Wildman–Crippen LogP) is 5.13. The van der Waals surface area contributed by atoms with Crippen LogP contribution in [0.5, 0.6) is 0 Å². The van der Waals surface area contributed by atoms with Crippen molar-refractivity contribution in [3.05, 3.63) is 87.7 Å². The summed E-state index contributed by atoms with van der Waals surface area (Å²) in [6.07, 6.45) is 5.37. The first-order chi connectivity index (χ1) is 17.9. The maximum Gasteiger partial charge on any atom is 0.241 e. The van der Waals surface area contributed by atoms with Crippen molar-refractivity contribution in [3.63, 3.8) is 0 Å². The van der Waals surface area contributed by atoms with Crippen molar-refractivity contribution in [2.24, 2.45) is 5.92 Å². The van der Waals surface area contributed by atoms with Crippen LogP contribution < -0.4 is 5.32 Å². The second-order valence-corrected chi connectivity index (χ2v) is 10.2. The number of carbonyl (C=O) groups excluding carboxylic acids is 1. The van der Waals surface area contributed by atoms with Crippen LogP contribution in [0.25, 0.3) is 11.4 Å². The van der Waals surface area contributed by atoms with Crippen molar-refractivity contribution < 1.29 is 9.32 Å². The fraction of sp³-hybridized carbons (Fsp3) is 0.333. The summed E-state index contributed by atoms with van der Waals surface area (Å²) in [7, 11) is 0. The van der Waals surface area contributed by atoms with Crippen molar-refractivity contribution in [1.82, 2.24) is 29.9 Å². The van der Waals surface area contributed by atoms with Gasteiger partial charge in [0.15, 0.2) is 0 Å². The number of hydrogen-bond donors (Lipinski definition) is 1. The number of imidazole rings is 1. The number of carbonyl (C=O) groups is 1. The molecule has 0 radical (unpaired) electrons. The van der Waals surface area contributed by atoms with Gasteiger partial charge in [0, 0.05) is 42.0 Å². The number of likely N-dealkylation sites (tertiary alicyclic amines) is 1. The van der Waals surface area contributed by atoms with Crippen molar-refractivity contribution >= 4 is 29.1 Å². The predicted molar refractivity (Wildman–Crippen MR) is 142 cm³/mol. The number of nitrogens with one attached hydrogen (secondary N) is 1. The summed E-state index contributed by atoms with van der Waals surface area (Å²) in [4.78, 5) is 23.7. The molecule has 1 N–H and O–H groups in total. The Hall–Kier alpha value is -3.20. The van der Waals surface area contributed by atoms with Gasteiger partial charge >= 0.3 is 0 Å². The molecule has 0 unspecified atom stereocenters. The molecule has 3 heterocycles. The Morgan fingerprint density at radius 2 is 1.84 bits per heavy atom. The van der Waals surface area contributed by atoms with E-state index in [0.717, 1.165) is 43.9 Å². The first-order valence-electron chi connectivity index (χ1n) is 12.3. The van der Waals surface area contributed by atoms with E-state index in [9.17, 15) is 4.79 Å². The van der Waals surface area contributed by atoms with Gasteiger partial charge in [0.05, 0.1) is 11.6 Å². The molecule has 1 aliphatic heterocycles. The highest BCUT2D eigenvalue weighted by molar-refractivity contribution is 6.36. The molecule has 0 saturated carbocycles. The molecule has 192 valence electrons. The molecule has 2 aromatic heterocycles. The second kappa shape index (κ2) is 11.5. The molecule has 0 atom stereocenters. The van der Waals surface area contributed by atoms with Crippen molar-refractivity contribution in [1.29, 1.82) is 0 Å². The fourth-order valence-corrected chi connectivity index (χ4v) is 5.00. The van der Waals surface area contributed by atoms with Crippen molar-refractivity contribution in [3.8, 4) is 11.4 Å². The third-order valence-corrected chi connectivity index (χ3v) is 7.27. The molecule has 5 rings (SSSR count). The van der Waals surface area contributed by atoms with Crippen LogP contribution in [-0.4, -0.2) is 43.6 Å². The highest BCUT2D eigenvalue weighted by Gasteiger charge is 2.26. The van der Waals surface area contributed by atoms with Crippen LogP contribution in [0.3, 0.4) is 0 Å². The minimum atomic E-state index is 0.00543. The summed E-state index contributed by atoms with van der Waals surface area (Å²) in [6, 6.07) is 13.5. The van der Waals surface area contributed by atoms with E-state index in [4.69, 9.17) is 27.7 Å². The van der Waals surface area contributed by atoms with E-state index in [1.165, 1.54) is 5.56 Å². The van der Waals surface area contributed by atoms with Gasteiger partial charge in [-0.25, -0.2) is 4.98 Å². The van der Waals surface area contributed by atoms with E-state index in [1.54, 1.807) is 18.2 Å². The van der Waals surface area contributed by atoms with Gasteiger partial charge in [-0.3, -0.25) is 9.69 Å². The topological polar surface area (TPSA) is 89.1 Å². The van der Waals surface area contributed by atoms with Crippen LogP contribution in [0.15, 0.2) is 59.4 Å². The molecule has 1 fully saturated rings. The molecule has 0 spiro atoms. The van der Waals surface area contributed by atoms with Gasteiger partial charge in [-0.1, -0.05) is 52.6 Å². The lowest BCUT2D eigenvalue weighted by molar-refractivity contribution is -0.126. The van der Waals surface area contributed by atoms with Gasteiger partial charge in [0.25, 0.3) is 0 Å². The molecule has 0 bridgehead atoms. The van der Waals surface area contributed by atoms with Crippen molar-refractivity contribution in [2.45, 2.75) is 39.4 Å². The molecule has 2 aromatic carbocycles. The second-order valence-electron chi connectivity index (χ2n) is 9.32. The minimum absolute atomic E-state index is 0.00543. The minimum Gasteiger partial charge on any atom is -0.352 e. The molecule has 1 saturated heterocycles. The average Bonchev–Trinajstić information content (AvgIpc) is 3.52. The highest BCUT2D eigenvalue weighted by atomic mass is 35.5. The first kappa shape index (κ1) is 25.4. The molecule has 1 aliphatic rings. The zero-order valence-corrected chi connectivity index (χ0v) is 22.0. The summed E-state index contributed by atoms with van der Waals surface area (Å²) >= 11 is 12.2. The first-order valence-corrected chi connectivity index (χ1v) is 13.0. The van der Waals surface area contributed by atoms with Crippen LogP contribution in [-0.2, 0) is 24.4 Å². The van der Waals surface area contributed by atoms with Gasteiger partial charge in [-0.2, -0.15) is 4.98 Å². The lowest BCUT2D eigenvalue weighted by Crippen LogP contribution is -2.40. The standard InChI is InChI=1S/C27H28Cl2N6O2/c1-18-30-10-13-35(18)16-20-4-2-19(3-5-20)15-31-27(36)21-8-11-34(12-9-21)17-25-32-26(33-37-25)23-7-6-22(28)14-24(23)29/h2-7,10,13-14,21H,8-9,11-12,15-17H2,1H3,(H,31,36). The smallest absolute Gasteiger partial charge is 0.241 e. The molecule has 37 heavy (non-hydrogen) atoms. The number of aryl methyl sites for hydroxylation is 1. The van der Waals surface area contributed by atoms with Crippen LogP contribution >= 0.6 is 23.2 Å². The zero-order chi connectivity index (χ0) is 25.8. The van der Waals surface area contributed by atoms with Crippen LogP contribution in [0, 0.1) is 12.8 Å². The maximum atomic E-state index is 12.8. The molecule has 4 aromatic rings. The Kier molecular flexibility index (Phi) is 7.88. The van der Waals surface area contributed by atoms with Gasteiger partial charge in [-0.15, -0.1) is 0 Å². The Balaban J connectivity index is 1.06. The van der Waals surface area contributed by atoms with E-state index in [-0.39, 0.29) is 11.8 Å². The van der Waals surface area contributed by atoms with E-state index >= 15 is 0 Å². The summed E-state index contributed by atoms with van der Waals surface area (Å²) in [5.74, 6) is 2.07. The lowest BCUT2D eigenvalue weighted by Gasteiger charge is -2.30. The molecule has 10 heteroatoms. The van der Waals surface area contributed by atoms with E-state index in [0.29, 0.717) is 40.4 Å². The van der Waals surface area contributed by atoms with Gasteiger partial charge in [0.2, 0.25) is 17.6 Å². The van der Waals surface area contributed by atoms with Crippen LogP contribution in [0.1, 0.15) is 35.7 Å². The SMILES string of the molecule is Cc1nccn1Cc1ccc(CNC(=O)C2CCN(Cc3nc(-c4ccc(Cl)cc4Cl)no3)CC2)cc1. The summed E-state index contributed by atoms with van der Waals surface area (Å²) in [5, 5.41) is 8.19. The Morgan fingerprint density at radius 3 is 2.54 bits per heavy atom. The van der Waals surface area contributed by atoms with Gasteiger partial charge in [-0.05, 0) is 62.2 Å². The third-order valence-electron chi connectivity index (χ3n) is 6.72. The Morgan fingerprint density at radius 1 is 1.08 bits per heavy atom. The van der Waals surface area contributed by atoms with Gasteiger partial charge in [0.1, 0.15) is 5.82 Å². The van der Waals surface area contributed by atoms with Gasteiger partial charge < -0.3 is 14.4 Å². The van der Waals surface area contributed by atoms with Crippen LogP contribution in [0.4, 0.5) is 0 Å². The van der Waals surface area contributed by atoms with E-state index < -0.39 is 0 Å². The average molecular weight is 539 g/mol. The number of nitrogens with zero attached hydrogens (tertiary/aromatic N) is 5. The number of benzene rings is 2. The summed E-state index contributed by atoms with van der Waals surface area (Å²) in [6.45, 7) is 5.43. The quantitative estimate of drug-likeness (QED) is 0.334. The lowest BCUT2D eigenvalue weighted by atomic mass is 9.96. The number of halogens is 2. The number of aromatic nitrogens is 4. The van der Waals surface area contributed by atoms with Crippen LogP contribution in [0.2, 0.25) is 10.0 Å². The molecular weight excluding hydrogens is 511 g/mol. The number of piperidine rings is 1. The van der Waals surface area contributed by atoms with E-state index in [1.807, 2.05) is 19.3 Å². The summed E-state index contributed by atoms with van der Waals surface area (Å²) < 4.78 is 7.54. The molecule has 1 amide bonds. The number of amides is 1. The zero-order valence-electron chi connectivity index (χ0n) is 20.5. The third kappa shape index (κ3) is 6.39. The molecular formula is C27H28Cl2N6O2. The largest absolute Gasteiger partial charge is 0.352 e. The number of hydrogen-bond acceptors (Lipinski definition) is 6. The summed E-state index contributed by atoms with van der Waals surface area (Å²) in [5.41, 5.74) is 2.97. The van der Waals surface area contributed by atoms with Crippen molar-refractivity contribution in [2.75, 3.05) is 13.1 Å². The van der Waals surface area contributed by atoms with E-state index in [2.05, 4.69) is 54.2 Å². The Bertz CT molecular complexity index is 1360. The maximum absolute atomic E-state index is 12.8. The Labute approximate surface area is 225 Å². The molecule has 8 nitrogen and oxygen atoms in total. The normalized spacial score (nSPS) is 14.7. The highest BCUT2D eigenvalue weighted by Crippen LogP contribution is 2.28.